The number of hydrogen-bond acceptors (Lipinski definition) is 7. The Hall–Kier alpha value is -3.87. The quantitative estimate of drug-likeness (QED) is 0.526. The number of carbonyl (C=O) groups is 1. The van der Waals surface area contributed by atoms with Crippen LogP contribution in [0.2, 0.25) is 0 Å². The summed E-state index contributed by atoms with van der Waals surface area (Å²) in [7, 11) is 0. The lowest BCUT2D eigenvalue weighted by molar-refractivity contribution is -0.921. The number of alkyl halides is 3. The number of aliphatic imine (C=N–C) groups is 2. The van der Waals surface area contributed by atoms with Crippen LogP contribution in [0.4, 0.5) is 24.5 Å². The van der Waals surface area contributed by atoms with Crippen LogP contribution in [0.3, 0.4) is 0 Å². The highest BCUT2D eigenvalue weighted by Gasteiger charge is 2.54. The number of β-amino-alcohol motifs (C(OH)–C–C–N with tert-alkyl or cyclic N) is 1. The molecule has 3 N–H and O–H groups in total. The van der Waals surface area contributed by atoms with E-state index in [1.807, 2.05) is 26.0 Å². The molecule has 0 radical (unpaired) electrons. The summed E-state index contributed by atoms with van der Waals surface area (Å²) in [6, 6.07) is 10.1. The second-order valence-corrected chi connectivity index (χ2v) is 10.2. The van der Waals surface area contributed by atoms with Gasteiger partial charge in [-0.15, -0.1) is 10.0 Å². The molecule has 4 aliphatic heterocycles. The molecular weight excluding hydrogens is 499 g/mol. The molecule has 9 nitrogen and oxygen atoms in total. The summed E-state index contributed by atoms with van der Waals surface area (Å²) in [4.78, 5) is 21.1. The first-order valence-corrected chi connectivity index (χ1v) is 12.1. The molecule has 12 heteroatoms. The second kappa shape index (κ2) is 8.32. The minimum Gasteiger partial charge on any atom is -0.391 e. The number of fused-ring (bicyclic) bond motifs is 2. The lowest BCUT2D eigenvalue weighted by atomic mass is 9.86. The first kappa shape index (κ1) is 24.5. The van der Waals surface area contributed by atoms with Crippen molar-refractivity contribution in [1.29, 1.82) is 0 Å². The van der Waals surface area contributed by atoms with Gasteiger partial charge in [0.25, 0.3) is 5.96 Å². The molecule has 0 aromatic heterocycles. The van der Waals surface area contributed by atoms with Gasteiger partial charge < -0.3 is 15.7 Å². The van der Waals surface area contributed by atoms with Crippen LogP contribution in [0.5, 0.6) is 0 Å². The molecule has 0 spiro atoms. The number of nitrogens with zero attached hydrogens (tertiary/aromatic N) is 5. The fourth-order valence-electron chi connectivity index (χ4n) is 5.46. The molecule has 2 aromatic rings. The maximum atomic E-state index is 13.9. The second-order valence-electron chi connectivity index (χ2n) is 10.2. The van der Waals surface area contributed by atoms with E-state index in [9.17, 15) is 23.1 Å². The molecule has 3 atom stereocenters. The van der Waals surface area contributed by atoms with E-state index in [-0.39, 0.29) is 35.1 Å². The van der Waals surface area contributed by atoms with Gasteiger partial charge in [-0.3, -0.25) is 9.79 Å². The average molecular weight is 525 g/mol. The Balaban J connectivity index is 1.37. The van der Waals surface area contributed by atoms with Gasteiger partial charge in [0.2, 0.25) is 5.91 Å². The van der Waals surface area contributed by atoms with Crippen molar-refractivity contribution in [3.63, 3.8) is 0 Å². The number of aliphatic hydroxyl groups is 1. The SMILES string of the molecule is CC1(C)C(=O)Nc2cc(NC3=N[N+]4(N5C[C@H](O)C[C@@H]5c5ccccc5C(F)(F)F)C=CN=CC4=N3)ccc21. The summed E-state index contributed by atoms with van der Waals surface area (Å²) in [6.45, 7) is 3.78. The summed E-state index contributed by atoms with van der Waals surface area (Å²) in [5.41, 5.74) is 0.859. The van der Waals surface area contributed by atoms with Crippen molar-refractivity contribution in [2.24, 2.45) is 15.1 Å². The van der Waals surface area contributed by atoms with Crippen molar-refractivity contribution in [3.05, 3.63) is 71.6 Å². The molecule has 6 rings (SSSR count). The molecule has 1 unspecified atom stereocenters. The number of anilines is 2. The van der Waals surface area contributed by atoms with Crippen molar-refractivity contribution in [2.45, 2.75) is 44.0 Å². The predicted octanol–water partition coefficient (Wildman–Crippen LogP) is 4.13. The van der Waals surface area contributed by atoms with E-state index in [0.29, 0.717) is 17.2 Å². The number of rotatable bonds is 3. The van der Waals surface area contributed by atoms with Gasteiger partial charge in [-0.1, -0.05) is 24.3 Å². The number of quaternary nitrogens is 1. The molecule has 2 aromatic carbocycles. The molecule has 0 aliphatic carbocycles. The third kappa shape index (κ3) is 3.75. The van der Waals surface area contributed by atoms with Crippen LogP contribution in [0, 0.1) is 0 Å². The van der Waals surface area contributed by atoms with E-state index in [1.54, 1.807) is 23.3 Å². The number of amides is 1. The van der Waals surface area contributed by atoms with Crippen LogP contribution in [-0.4, -0.2) is 51.4 Å². The first-order valence-electron chi connectivity index (χ1n) is 12.1. The summed E-state index contributed by atoms with van der Waals surface area (Å²) in [6.07, 6.45) is -0.677. The zero-order chi connectivity index (χ0) is 26.9. The van der Waals surface area contributed by atoms with Gasteiger partial charge in [0.1, 0.15) is 6.21 Å². The van der Waals surface area contributed by atoms with E-state index < -0.39 is 29.3 Å². The summed E-state index contributed by atoms with van der Waals surface area (Å²) >= 11 is 0. The van der Waals surface area contributed by atoms with Gasteiger partial charge in [0, 0.05) is 11.4 Å². The van der Waals surface area contributed by atoms with Crippen LogP contribution in [0.15, 0.2) is 70.0 Å². The molecule has 4 aliphatic rings. The maximum Gasteiger partial charge on any atom is 0.416 e. The lowest BCUT2D eigenvalue weighted by Crippen LogP contribution is -2.56. The Bertz CT molecular complexity index is 1460. The van der Waals surface area contributed by atoms with Crippen molar-refractivity contribution >= 4 is 35.3 Å². The highest BCUT2D eigenvalue weighted by molar-refractivity contribution is 6.30. The average Bonchev–Trinajstić information content (AvgIpc) is 3.50. The summed E-state index contributed by atoms with van der Waals surface area (Å²) < 4.78 is 41.3. The van der Waals surface area contributed by atoms with Gasteiger partial charge in [-0.05, 0) is 59.4 Å². The van der Waals surface area contributed by atoms with E-state index >= 15 is 0 Å². The van der Waals surface area contributed by atoms with Gasteiger partial charge in [0.05, 0.1) is 35.9 Å². The Morgan fingerprint density at radius 1 is 1.21 bits per heavy atom. The van der Waals surface area contributed by atoms with Crippen LogP contribution < -0.4 is 10.6 Å². The zero-order valence-corrected chi connectivity index (χ0v) is 20.6. The summed E-state index contributed by atoms with van der Waals surface area (Å²) in [5, 5.41) is 23.1. The van der Waals surface area contributed by atoms with Crippen molar-refractivity contribution < 1.29 is 27.8 Å². The lowest BCUT2D eigenvalue weighted by Gasteiger charge is -2.36. The monoisotopic (exact) mass is 524 g/mol. The van der Waals surface area contributed by atoms with Crippen LogP contribution >= 0.6 is 0 Å². The topological polar surface area (TPSA) is 102 Å². The zero-order valence-electron chi connectivity index (χ0n) is 20.6. The fourth-order valence-corrected chi connectivity index (χ4v) is 5.46. The molecule has 4 heterocycles. The minimum atomic E-state index is -4.55. The van der Waals surface area contributed by atoms with Gasteiger partial charge in [-0.25, -0.2) is 0 Å². The van der Waals surface area contributed by atoms with Gasteiger partial charge >= 0.3 is 12.0 Å². The van der Waals surface area contributed by atoms with Crippen LogP contribution in [-0.2, 0) is 16.4 Å². The number of nitrogens with one attached hydrogen (secondary N) is 2. The Morgan fingerprint density at radius 2 is 2.00 bits per heavy atom. The van der Waals surface area contributed by atoms with E-state index in [2.05, 4.69) is 20.6 Å². The smallest absolute Gasteiger partial charge is 0.391 e. The number of carbonyl (C=O) groups excluding carboxylic acids is 1. The van der Waals surface area contributed by atoms with Gasteiger partial charge in [0.15, 0.2) is 6.20 Å². The van der Waals surface area contributed by atoms with Crippen molar-refractivity contribution in [2.75, 3.05) is 17.2 Å². The maximum absolute atomic E-state index is 13.9. The minimum absolute atomic E-state index is 0.0629. The van der Waals surface area contributed by atoms with E-state index in [1.165, 1.54) is 24.5 Å². The first-order chi connectivity index (χ1) is 18.0. The summed E-state index contributed by atoms with van der Waals surface area (Å²) in [5.74, 6) is 0.490. The molecule has 1 fully saturated rings. The normalized spacial score (nSPS) is 27.6. The molecular formula is C26H25F3N7O2+. The number of benzene rings is 2. The molecule has 1 saturated heterocycles. The van der Waals surface area contributed by atoms with E-state index in [0.717, 1.165) is 11.6 Å². The Labute approximate surface area is 216 Å². The number of aliphatic hydroxyl groups excluding tert-OH is 1. The fraction of sp³-hybridized carbons (Fsp3) is 0.308. The third-order valence-corrected chi connectivity index (χ3v) is 7.39. The Morgan fingerprint density at radius 3 is 2.79 bits per heavy atom. The predicted molar refractivity (Wildman–Crippen MR) is 136 cm³/mol. The van der Waals surface area contributed by atoms with Crippen LogP contribution in [0.1, 0.15) is 43.0 Å². The third-order valence-electron chi connectivity index (χ3n) is 7.39. The van der Waals surface area contributed by atoms with E-state index in [4.69, 9.17) is 5.10 Å². The standard InChI is InChI=1S/C26H24F3N7O2/c1-25(2)19-8-7-15(11-20(19)32-23(25)38)31-24-33-22-13-30-9-10-36(22,34-24)35-14-16(37)12-21(35)17-5-3-4-6-18(17)26(27,28)29/h3-11,13,16,21,37H,12,14H2,1-2H3,(H-,31,32,34,38)/p+1/t16-,21-,36?/m1/s1. The number of halogens is 3. The molecule has 1 amide bonds. The number of hydrogen-bond donors (Lipinski definition) is 3. The number of amidine groups is 1. The molecule has 0 saturated carbocycles. The van der Waals surface area contributed by atoms with Crippen LogP contribution in [0.25, 0.3) is 0 Å². The van der Waals surface area contributed by atoms with Gasteiger partial charge in [-0.2, -0.15) is 13.2 Å². The largest absolute Gasteiger partial charge is 0.416 e. The molecule has 196 valence electrons. The highest BCUT2D eigenvalue weighted by atomic mass is 19.4. The van der Waals surface area contributed by atoms with Crippen molar-refractivity contribution in [3.8, 4) is 0 Å². The van der Waals surface area contributed by atoms with Crippen molar-refractivity contribution in [1.82, 2.24) is 5.01 Å². The Kier molecular flexibility index (Phi) is 5.35. The highest BCUT2D eigenvalue weighted by Crippen LogP contribution is 2.44. The number of guanidine groups is 1. The molecule has 38 heavy (non-hydrogen) atoms. The molecule has 0 bridgehead atoms.